The van der Waals surface area contributed by atoms with Gasteiger partial charge in [0, 0.05) is 25.4 Å². The molecule has 4 nitrogen and oxygen atoms in total. The third kappa shape index (κ3) is 3.67. The van der Waals surface area contributed by atoms with Crippen LogP contribution in [0.1, 0.15) is 31.4 Å². The van der Waals surface area contributed by atoms with Crippen molar-refractivity contribution < 1.29 is 4.74 Å². The molecule has 0 amide bonds. The number of hydrogen-bond donors (Lipinski definition) is 1. The number of nitrogens with one attached hydrogen (secondary N) is 1. The van der Waals surface area contributed by atoms with Crippen LogP contribution in [0.2, 0.25) is 0 Å². The van der Waals surface area contributed by atoms with Crippen molar-refractivity contribution in [3.05, 3.63) is 30.1 Å². The molecule has 1 saturated carbocycles. The smallest absolute Gasteiger partial charge is 0.169 e. The van der Waals surface area contributed by atoms with E-state index in [9.17, 15) is 0 Å². The highest BCUT2D eigenvalue weighted by atomic mass is 32.1. The molecular formula is C15H21N3OS. The molecule has 2 heterocycles. The van der Waals surface area contributed by atoms with Gasteiger partial charge in [0.25, 0.3) is 0 Å². The first-order valence-electron chi connectivity index (χ1n) is 7.39. The Balaban J connectivity index is 1.54. The summed E-state index contributed by atoms with van der Waals surface area (Å²) in [7, 11) is 0. The molecule has 1 aliphatic heterocycles. The molecule has 3 rings (SSSR count). The van der Waals surface area contributed by atoms with Crippen molar-refractivity contribution in [1.82, 2.24) is 15.2 Å². The lowest BCUT2D eigenvalue weighted by Crippen LogP contribution is -2.43. The Morgan fingerprint density at radius 1 is 1.40 bits per heavy atom. The first-order valence-corrected chi connectivity index (χ1v) is 7.80. The van der Waals surface area contributed by atoms with Crippen molar-refractivity contribution in [2.45, 2.75) is 44.4 Å². The summed E-state index contributed by atoms with van der Waals surface area (Å²) in [5.41, 5.74) is 1.07. The summed E-state index contributed by atoms with van der Waals surface area (Å²) in [6.07, 6.45) is 6.93. The molecule has 1 aliphatic carbocycles. The van der Waals surface area contributed by atoms with Gasteiger partial charge >= 0.3 is 0 Å². The molecule has 2 aliphatic rings. The van der Waals surface area contributed by atoms with Gasteiger partial charge in [0.05, 0.1) is 18.3 Å². The molecule has 2 fully saturated rings. The predicted octanol–water partition coefficient (Wildman–Crippen LogP) is 2.10. The van der Waals surface area contributed by atoms with Crippen molar-refractivity contribution in [3.8, 4) is 0 Å². The standard InChI is InChI=1S/C15H21N3OS/c20-15(17-10-14-5-3-9-19-14)18(13-6-7-13)11-12-4-1-2-8-16-12/h1-2,4,8,13-14H,3,5-7,9-11H2,(H,17,20). The minimum absolute atomic E-state index is 0.323. The molecule has 20 heavy (non-hydrogen) atoms. The fourth-order valence-corrected chi connectivity index (χ4v) is 2.82. The second-order valence-corrected chi connectivity index (χ2v) is 5.89. The second kappa shape index (κ2) is 6.50. The Morgan fingerprint density at radius 3 is 2.95 bits per heavy atom. The van der Waals surface area contributed by atoms with Crippen LogP contribution >= 0.6 is 12.2 Å². The summed E-state index contributed by atoms with van der Waals surface area (Å²) in [6, 6.07) is 6.61. The number of thiocarbonyl (C=S) groups is 1. The number of rotatable bonds is 5. The molecular weight excluding hydrogens is 270 g/mol. The highest BCUT2D eigenvalue weighted by molar-refractivity contribution is 7.80. The largest absolute Gasteiger partial charge is 0.376 e. The maximum atomic E-state index is 5.62. The van der Waals surface area contributed by atoms with Gasteiger partial charge in [-0.25, -0.2) is 0 Å². The van der Waals surface area contributed by atoms with Gasteiger partial charge in [-0.2, -0.15) is 0 Å². The maximum absolute atomic E-state index is 5.62. The maximum Gasteiger partial charge on any atom is 0.169 e. The fourth-order valence-electron chi connectivity index (χ4n) is 2.53. The molecule has 0 aromatic carbocycles. The van der Waals surface area contributed by atoms with E-state index in [1.54, 1.807) is 0 Å². The first-order chi connectivity index (χ1) is 9.83. The lowest BCUT2D eigenvalue weighted by molar-refractivity contribution is 0.113. The molecule has 1 saturated heterocycles. The van der Waals surface area contributed by atoms with E-state index in [1.807, 2.05) is 18.3 Å². The average Bonchev–Trinajstić information content (AvgIpc) is 3.19. The van der Waals surface area contributed by atoms with Gasteiger partial charge in [0.1, 0.15) is 0 Å². The quantitative estimate of drug-likeness (QED) is 0.841. The van der Waals surface area contributed by atoms with Gasteiger partial charge in [-0.15, -0.1) is 0 Å². The fraction of sp³-hybridized carbons (Fsp3) is 0.600. The zero-order valence-corrected chi connectivity index (χ0v) is 12.4. The van der Waals surface area contributed by atoms with Gasteiger partial charge in [-0.05, 0) is 50.0 Å². The van der Waals surface area contributed by atoms with Crippen LogP contribution in [0.5, 0.6) is 0 Å². The van der Waals surface area contributed by atoms with Crippen LogP contribution in [0.15, 0.2) is 24.4 Å². The topological polar surface area (TPSA) is 37.4 Å². The molecule has 1 N–H and O–H groups in total. The minimum atomic E-state index is 0.323. The molecule has 1 aromatic heterocycles. The molecule has 1 aromatic rings. The summed E-state index contributed by atoms with van der Waals surface area (Å²) in [4.78, 5) is 6.67. The van der Waals surface area contributed by atoms with Gasteiger partial charge in [0.15, 0.2) is 5.11 Å². The minimum Gasteiger partial charge on any atom is -0.376 e. The van der Waals surface area contributed by atoms with Gasteiger partial charge in [-0.3, -0.25) is 4.98 Å². The zero-order valence-electron chi connectivity index (χ0n) is 11.6. The molecule has 0 radical (unpaired) electrons. The normalized spacial score (nSPS) is 21.7. The van der Waals surface area contributed by atoms with Gasteiger partial charge < -0.3 is 15.0 Å². The monoisotopic (exact) mass is 291 g/mol. The van der Waals surface area contributed by atoms with Crippen LogP contribution in [0.4, 0.5) is 0 Å². The molecule has 0 bridgehead atoms. The van der Waals surface area contributed by atoms with Crippen molar-refractivity contribution in [1.29, 1.82) is 0 Å². The van der Waals surface area contributed by atoms with Crippen LogP contribution < -0.4 is 5.32 Å². The van der Waals surface area contributed by atoms with E-state index in [0.29, 0.717) is 12.1 Å². The number of hydrogen-bond acceptors (Lipinski definition) is 3. The summed E-state index contributed by atoms with van der Waals surface area (Å²) in [5.74, 6) is 0. The number of aromatic nitrogens is 1. The van der Waals surface area contributed by atoms with E-state index in [-0.39, 0.29) is 0 Å². The third-order valence-corrected chi connectivity index (χ3v) is 4.19. The molecule has 1 unspecified atom stereocenters. The first kappa shape index (κ1) is 13.8. The van der Waals surface area contributed by atoms with E-state index in [2.05, 4.69) is 21.3 Å². The highest BCUT2D eigenvalue weighted by Gasteiger charge is 2.31. The van der Waals surface area contributed by atoms with E-state index in [0.717, 1.165) is 36.9 Å². The summed E-state index contributed by atoms with van der Waals surface area (Å²) in [5, 5.41) is 4.21. The van der Waals surface area contributed by atoms with Crippen molar-refractivity contribution in [2.24, 2.45) is 0 Å². The summed E-state index contributed by atoms with van der Waals surface area (Å²) < 4.78 is 5.62. The van der Waals surface area contributed by atoms with Crippen LogP contribution in [-0.2, 0) is 11.3 Å². The zero-order chi connectivity index (χ0) is 13.8. The highest BCUT2D eigenvalue weighted by Crippen LogP contribution is 2.28. The lowest BCUT2D eigenvalue weighted by Gasteiger charge is -2.26. The molecule has 1 atom stereocenters. The average molecular weight is 291 g/mol. The Morgan fingerprint density at radius 2 is 2.30 bits per heavy atom. The van der Waals surface area contributed by atoms with E-state index < -0.39 is 0 Å². The Hall–Kier alpha value is -1.20. The van der Waals surface area contributed by atoms with Gasteiger partial charge in [0.2, 0.25) is 0 Å². The third-order valence-electron chi connectivity index (χ3n) is 3.81. The Kier molecular flexibility index (Phi) is 4.47. The molecule has 5 heteroatoms. The van der Waals surface area contributed by atoms with Crippen molar-refractivity contribution >= 4 is 17.3 Å². The van der Waals surface area contributed by atoms with Crippen molar-refractivity contribution in [2.75, 3.05) is 13.2 Å². The number of pyridine rings is 1. The summed E-state index contributed by atoms with van der Waals surface area (Å²) >= 11 is 5.56. The van der Waals surface area contributed by atoms with E-state index >= 15 is 0 Å². The SMILES string of the molecule is S=C(NCC1CCCO1)N(Cc1ccccn1)C1CC1. The van der Waals surface area contributed by atoms with Gasteiger partial charge in [-0.1, -0.05) is 6.07 Å². The van der Waals surface area contributed by atoms with Crippen LogP contribution in [0.25, 0.3) is 0 Å². The van der Waals surface area contributed by atoms with Crippen LogP contribution in [-0.4, -0.2) is 40.3 Å². The number of nitrogens with zero attached hydrogens (tertiary/aromatic N) is 2. The number of ether oxygens (including phenoxy) is 1. The van der Waals surface area contributed by atoms with E-state index in [4.69, 9.17) is 17.0 Å². The van der Waals surface area contributed by atoms with Crippen LogP contribution in [0, 0.1) is 0 Å². The molecule has 108 valence electrons. The van der Waals surface area contributed by atoms with E-state index in [1.165, 1.54) is 19.3 Å². The Bertz CT molecular complexity index is 444. The van der Waals surface area contributed by atoms with Crippen molar-refractivity contribution in [3.63, 3.8) is 0 Å². The Labute approximate surface area is 125 Å². The predicted molar refractivity (Wildman–Crippen MR) is 82.4 cm³/mol. The summed E-state index contributed by atoms with van der Waals surface area (Å²) in [6.45, 7) is 2.51. The molecule has 0 spiro atoms. The lowest BCUT2D eigenvalue weighted by atomic mass is 10.2. The second-order valence-electron chi connectivity index (χ2n) is 5.50. The van der Waals surface area contributed by atoms with Crippen LogP contribution in [0.3, 0.4) is 0 Å².